The van der Waals surface area contributed by atoms with Gasteiger partial charge in [-0.2, -0.15) is 0 Å². The van der Waals surface area contributed by atoms with Gasteiger partial charge in [-0.25, -0.2) is 9.37 Å². The zero-order valence-electron chi connectivity index (χ0n) is 16.9. The van der Waals surface area contributed by atoms with Crippen molar-refractivity contribution < 1.29 is 8.81 Å². The summed E-state index contributed by atoms with van der Waals surface area (Å²) in [5, 5.41) is 1.10. The molecule has 3 heterocycles. The maximum absolute atomic E-state index is 13.6. The number of nitrogens with zero attached hydrogens (tertiary/aromatic N) is 3. The Morgan fingerprint density at radius 3 is 2.64 bits per heavy atom. The van der Waals surface area contributed by atoms with Crippen molar-refractivity contribution in [1.29, 1.82) is 0 Å². The summed E-state index contributed by atoms with van der Waals surface area (Å²) in [4.78, 5) is 18.4. The lowest BCUT2D eigenvalue weighted by molar-refractivity contribution is 0.495. The Morgan fingerprint density at radius 2 is 1.91 bits per heavy atom. The summed E-state index contributed by atoms with van der Waals surface area (Å²) in [6.07, 6.45) is 1.59. The van der Waals surface area contributed by atoms with Gasteiger partial charge in [0.15, 0.2) is 14.8 Å². The molecule has 0 atom stereocenters. The molecule has 5 nitrogen and oxygen atoms in total. The Kier molecular flexibility index (Phi) is 6.20. The summed E-state index contributed by atoms with van der Waals surface area (Å²) in [5.74, 6) is 0.828. The van der Waals surface area contributed by atoms with Crippen LogP contribution in [0.1, 0.15) is 11.3 Å². The molecule has 0 amide bonds. The van der Waals surface area contributed by atoms with Crippen LogP contribution in [0, 0.1) is 9.77 Å². The minimum atomic E-state index is -0.383. The fourth-order valence-electron chi connectivity index (χ4n) is 3.35. The zero-order chi connectivity index (χ0) is 22.9. The van der Waals surface area contributed by atoms with Gasteiger partial charge >= 0.3 is 0 Å². The van der Waals surface area contributed by atoms with Crippen LogP contribution >= 0.6 is 46.9 Å². The highest BCUT2D eigenvalue weighted by Gasteiger charge is 2.19. The Balaban J connectivity index is 1.67. The van der Waals surface area contributed by atoms with E-state index in [1.54, 1.807) is 29.0 Å². The highest BCUT2D eigenvalue weighted by atomic mass is 35.5. The molecular weight excluding hydrogens is 501 g/mol. The van der Waals surface area contributed by atoms with Crippen LogP contribution < -0.4 is 5.56 Å². The number of fused-ring (bicyclic) bond motifs is 1. The number of hydrogen-bond acceptors (Lipinski definition) is 6. The molecule has 3 aromatic heterocycles. The monoisotopic (exact) mass is 515 g/mol. The molecule has 0 bridgehead atoms. The third kappa shape index (κ3) is 4.41. The molecular formula is C23H15ClFN3O2S3. The van der Waals surface area contributed by atoms with E-state index >= 15 is 0 Å². The van der Waals surface area contributed by atoms with E-state index in [-0.39, 0.29) is 11.4 Å². The van der Waals surface area contributed by atoms with E-state index in [9.17, 15) is 9.18 Å². The van der Waals surface area contributed by atoms with E-state index in [2.05, 4.69) is 0 Å². The van der Waals surface area contributed by atoms with Gasteiger partial charge < -0.3 is 4.42 Å². The number of thiazole rings is 1. The maximum atomic E-state index is 13.6. The third-order valence-electron chi connectivity index (χ3n) is 4.95. The number of halogens is 2. The number of hydrogen-bond donors (Lipinski definition) is 0. The average Bonchev–Trinajstić information content (AvgIpc) is 3.43. The second kappa shape index (κ2) is 9.26. The molecule has 0 aliphatic heterocycles. The average molecular weight is 516 g/mol. The number of rotatable bonds is 6. The molecule has 10 heteroatoms. The van der Waals surface area contributed by atoms with Gasteiger partial charge in [0.1, 0.15) is 16.3 Å². The second-order valence-corrected chi connectivity index (χ2v) is 10.1. The molecule has 2 aromatic carbocycles. The van der Waals surface area contributed by atoms with E-state index in [0.717, 1.165) is 5.56 Å². The number of furan rings is 1. The molecule has 0 saturated heterocycles. The topological polar surface area (TPSA) is 53.0 Å². The van der Waals surface area contributed by atoms with Crippen molar-refractivity contribution in [2.24, 2.45) is 0 Å². The molecule has 33 heavy (non-hydrogen) atoms. The molecule has 0 aliphatic carbocycles. The van der Waals surface area contributed by atoms with Gasteiger partial charge in [0, 0.05) is 10.8 Å². The first-order valence-electron chi connectivity index (χ1n) is 9.82. The predicted octanol–water partition coefficient (Wildman–Crippen LogP) is 6.70. The predicted molar refractivity (Wildman–Crippen MR) is 133 cm³/mol. The van der Waals surface area contributed by atoms with E-state index in [1.165, 1.54) is 39.8 Å². The Labute approximate surface area is 206 Å². The molecule has 5 rings (SSSR count). The normalized spacial score (nSPS) is 11.3. The minimum absolute atomic E-state index is 0.262. The van der Waals surface area contributed by atoms with Crippen molar-refractivity contribution in [2.75, 3.05) is 0 Å². The van der Waals surface area contributed by atoms with E-state index < -0.39 is 0 Å². The van der Waals surface area contributed by atoms with Crippen LogP contribution in [0.15, 0.2) is 81.3 Å². The van der Waals surface area contributed by atoms with Crippen LogP contribution in [0.2, 0.25) is 5.02 Å². The molecule has 5 aromatic rings. The first kappa shape index (κ1) is 22.1. The summed E-state index contributed by atoms with van der Waals surface area (Å²) < 4.78 is 23.3. The smallest absolute Gasteiger partial charge is 0.278 e. The molecule has 0 saturated carbocycles. The van der Waals surface area contributed by atoms with Gasteiger partial charge in [0.25, 0.3) is 5.56 Å². The van der Waals surface area contributed by atoms with Crippen LogP contribution in [0.25, 0.3) is 16.0 Å². The van der Waals surface area contributed by atoms with E-state index in [4.69, 9.17) is 33.2 Å². The van der Waals surface area contributed by atoms with Crippen molar-refractivity contribution in [1.82, 2.24) is 14.1 Å². The SMILES string of the molecule is O=c1c2sc(=S)n(Cc3ccco3)c2nc(SCc2ccccc2Cl)n1-c1ccc(F)cc1. The lowest BCUT2D eigenvalue weighted by Gasteiger charge is -2.13. The van der Waals surface area contributed by atoms with Crippen LogP contribution in [-0.4, -0.2) is 14.1 Å². The fourth-order valence-corrected chi connectivity index (χ4v) is 5.90. The van der Waals surface area contributed by atoms with Gasteiger partial charge in [-0.05, 0) is 60.2 Å². The van der Waals surface area contributed by atoms with E-state index in [0.29, 0.717) is 48.2 Å². The molecule has 0 radical (unpaired) electrons. The minimum Gasteiger partial charge on any atom is -0.467 e. The lowest BCUT2D eigenvalue weighted by Crippen LogP contribution is -2.21. The number of aromatic nitrogens is 3. The first-order chi connectivity index (χ1) is 16.0. The summed E-state index contributed by atoms with van der Waals surface area (Å²) >= 11 is 14.4. The standard InChI is InChI=1S/C23H15ClFN3O2S3/c24-18-6-2-1-4-14(18)13-32-22-26-20-19(21(29)28(22)16-9-7-15(25)8-10-16)33-23(31)27(20)12-17-5-3-11-30-17/h1-11H,12-13H2. The number of thioether (sulfide) groups is 1. The lowest BCUT2D eigenvalue weighted by atomic mass is 10.2. The largest absolute Gasteiger partial charge is 0.467 e. The second-order valence-electron chi connectivity index (χ2n) is 7.08. The third-order valence-corrected chi connectivity index (χ3v) is 7.74. The van der Waals surface area contributed by atoms with E-state index in [1.807, 2.05) is 30.3 Å². The van der Waals surface area contributed by atoms with Gasteiger partial charge in [-0.3, -0.25) is 13.9 Å². The summed E-state index contributed by atoms with van der Waals surface area (Å²) in [6.45, 7) is 0.369. The maximum Gasteiger partial charge on any atom is 0.278 e. The van der Waals surface area contributed by atoms with Crippen LogP contribution in [-0.2, 0) is 12.3 Å². The van der Waals surface area contributed by atoms with Crippen molar-refractivity contribution in [3.8, 4) is 5.69 Å². The van der Waals surface area contributed by atoms with Gasteiger partial charge in [-0.1, -0.05) is 52.9 Å². The molecule has 0 fully saturated rings. The van der Waals surface area contributed by atoms with Gasteiger partial charge in [0.05, 0.1) is 18.5 Å². The van der Waals surface area contributed by atoms with Crippen molar-refractivity contribution in [2.45, 2.75) is 17.5 Å². The molecule has 0 N–H and O–H groups in total. The zero-order valence-corrected chi connectivity index (χ0v) is 20.1. The van der Waals surface area contributed by atoms with Crippen molar-refractivity contribution in [3.05, 3.63) is 103 Å². The number of benzene rings is 2. The summed E-state index contributed by atoms with van der Waals surface area (Å²) in [6, 6.07) is 16.9. The Morgan fingerprint density at radius 1 is 1.12 bits per heavy atom. The highest BCUT2D eigenvalue weighted by Crippen LogP contribution is 2.29. The quantitative estimate of drug-likeness (QED) is 0.143. The van der Waals surface area contributed by atoms with Crippen LogP contribution in [0.3, 0.4) is 0 Å². The van der Waals surface area contributed by atoms with Crippen molar-refractivity contribution in [3.63, 3.8) is 0 Å². The fraction of sp³-hybridized carbons (Fsp3) is 0.0870. The Bertz CT molecular complexity index is 1560. The van der Waals surface area contributed by atoms with Crippen LogP contribution in [0.4, 0.5) is 4.39 Å². The molecule has 0 unspecified atom stereocenters. The Hall–Kier alpha value is -2.72. The van der Waals surface area contributed by atoms with Crippen molar-refractivity contribution >= 4 is 57.3 Å². The van der Waals surface area contributed by atoms with Gasteiger partial charge in [0.2, 0.25) is 0 Å². The van der Waals surface area contributed by atoms with Gasteiger partial charge in [-0.15, -0.1) is 0 Å². The molecule has 0 aliphatic rings. The summed E-state index contributed by atoms with van der Waals surface area (Å²) in [5.41, 5.74) is 1.67. The highest BCUT2D eigenvalue weighted by molar-refractivity contribution is 7.98. The molecule has 166 valence electrons. The van der Waals surface area contributed by atoms with Crippen LogP contribution in [0.5, 0.6) is 0 Å². The first-order valence-corrected chi connectivity index (χ1v) is 12.4. The molecule has 0 spiro atoms. The summed E-state index contributed by atoms with van der Waals surface area (Å²) in [7, 11) is 0.